The van der Waals surface area contributed by atoms with Gasteiger partial charge in [0.15, 0.2) is 0 Å². The number of aromatic nitrogens is 1. The zero-order chi connectivity index (χ0) is 28.6. The molecule has 1 amide bonds. The Bertz CT molecular complexity index is 1510. The molecule has 5 rings (SSSR count). The number of carbonyl (C=O) groups excluding carboxylic acids is 1. The van der Waals surface area contributed by atoms with Gasteiger partial charge in [-0.3, -0.25) is 19.9 Å². The molecule has 0 bridgehead atoms. The van der Waals surface area contributed by atoms with E-state index < -0.39 is 23.3 Å². The number of aryl methyl sites for hydroxylation is 1. The molecule has 11 heteroatoms. The maximum absolute atomic E-state index is 14.3. The van der Waals surface area contributed by atoms with Crippen molar-refractivity contribution in [1.82, 2.24) is 19.9 Å². The van der Waals surface area contributed by atoms with E-state index in [1.54, 1.807) is 24.1 Å². The van der Waals surface area contributed by atoms with E-state index in [-0.39, 0.29) is 40.4 Å². The Kier molecular flexibility index (Phi) is 8.23. The number of fused-ring (bicyclic) bond motifs is 1. The number of piperazine rings is 1. The fraction of sp³-hybridized carbons (Fsp3) is 0.379. The number of rotatable bonds is 9. The number of aliphatic hydroxyl groups excluding tert-OH is 1. The average molecular weight is 573 g/mol. The third-order valence-electron chi connectivity index (χ3n) is 7.47. The van der Waals surface area contributed by atoms with Crippen molar-refractivity contribution in [3.05, 3.63) is 87.2 Å². The second-order valence-corrected chi connectivity index (χ2v) is 10.8. The Morgan fingerprint density at radius 3 is 2.65 bits per heavy atom. The van der Waals surface area contributed by atoms with Crippen LogP contribution in [0.1, 0.15) is 28.4 Å². The second-order valence-electron chi connectivity index (χ2n) is 10.4. The number of allylic oxidation sites excluding steroid dienone is 1. The Hall–Kier alpha value is -3.31. The van der Waals surface area contributed by atoms with Crippen molar-refractivity contribution < 1.29 is 23.4 Å². The van der Waals surface area contributed by atoms with Gasteiger partial charge in [0.25, 0.3) is 5.91 Å². The minimum absolute atomic E-state index is 0.0117. The summed E-state index contributed by atoms with van der Waals surface area (Å²) in [7, 11) is 0. The number of ether oxygens (including phenoxy) is 1. The summed E-state index contributed by atoms with van der Waals surface area (Å²) in [6.45, 7) is 7.92. The highest BCUT2D eigenvalue weighted by Crippen LogP contribution is 2.45. The lowest BCUT2D eigenvalue weighted by molar-refractivity contribution is 0.0316. The van der Waals surface area contributed by atoms with Crippen molar-refractivity contribution in [2.75, 3.05) is 39.3 Å². The number of pyridine rings is 1. The molecule has 40 heavy (non-hydrogen) atoms. The number of amides is 1. The predicted octanol–water partition coefficient (Wildman–Crippen LogP) is 3.69. The Morgan fingerprint density at radius 1 is 1.23 bits per heavy atom. The topological polar surface area (TPSA) is 87.0 Å². The second kappa shape index (κ2) is 11.7. The Labute approximate surface area is 235 Å². The number of hydrazine groups is 1. The molecule has 3 aromatic rings. The number of nitrogens with one attached hydrogen (secondary N) is 1. The molecule has 2 aromatic carbocycles. The minimum atomic E-state index is -0.780. The van der Waals surface area contributed by atoms with E-state index in [1.807, 2.05) is 15.5 Å². The molecule has 212 valence electrons. The van der Waals surface area contributed by atoms with Gasteiger partial charge in [0.05, 0.1) is 10.5 Å². The number of hydrogen-bond donors (Lipinski definition) is 2. The number of benzene rings is 2. The summed E-state index contributed by atoms with van der Waals surface area (Å²) in [4.78, 5) is 28.4. The summed E-state index contributed by atoms with van der Waals surface area (Å²) in [5.74, 6) is -1.11. The van der Waals surface area contributed by atoms with Crippen LogP contribution in [-0.4, -0.2) is 70.9 Å². The molecule has 8 nitrogen and oxygen atoms in total. The van der Waals surface area contributed by atoms with E-state index in [9.17, 15) is 23.5 Å². The maximum atomic E-state index is 14.3. The smallest absolute Gasteiger partial charge is 0.271 e. The number of hydrogen-bond acceptors (Lipinski definition) is 6. The molecule has 1 saturated carbocycles. The number of carbonyl (C=O) groups is 1. The number of halogens is 3. The van der Waals surface area contributed by atoms with E-state index in [2.05, 4.69) is 12.0 Å². The fourth-order valence-corrected chi connectivity index (χ4v) is 5.16. The van der Waals surface area contributed by atoms with Gasteiger partial charge in [-0.2, -0.15) is 0 Å². The normalized spacial score (nSPS) is 20.3. The molecule has 1 aromatic heterocycles. The summed E-state index contributed by atoms with van der Waals surface area (Å²) in [6.07, 6.45) is 3.37. The van der Waals surface area contributed by atoms with Gasteiger partial charge < -0.3 is 14.4 Å². The summed E-state index contributed by atoms with van der Waals surface area (Å²) < 4.78 is 35.3. The molecule has 2 aliphatic rings. The van der Waals surface area contributed by atoms with Crippen LogP contribution in [0.5, 0.6) is 5.75 Å². The van der Waals surface area contributed by atoms with Crippen LogP contribution in [0.15, 0.2) is 54.0 Å². The lowest BCUT2D eigenvalue weighted by atomic mass is 10.1. The molecular formula is C29H31ClF2N4O4. The first-order valence-corrected chi connectivity index (χ1v) is 13.5. The van der Waals surface area contributed by atoms with Crippen LogP contribution in [0.2, 0.25) is 5.02 Å². The van der Waals surface area contributed by atoms with Crippen molar-refractivity contribution in [3.8, 4) is 5.75 Å². The van der Waals surface area contributed by atoms with Crippen LogP contribution in [-0.2, 0) is 0 Å². The molecular weight excluding hydrogens is 542 g/mol. The molecule has 1 saturated heterocycles. The van der Waals surface area contributed by atoms with Gasteiger partial charge in [0.1, 0.15) is 35.7 Å². The average Bonchev–Trinajstić information content (AvgIpc) is 3.71. The van der Waals surface area contributed by atoms with Crippen molar-refractivity contribution in [3.63, 3.8) is 0 Å². The fourth-order valence-electron chi connectivity index (χ4n) is 5.01. The van der Waals surface area contributed by atoms with Gasteiger partial charge in [-0.25, -0.2) is 13.8 Å². The standard InChI is InChI=1S/C29H31ClF2N4O4/c1-3-18-10-26(18)36-15-22(28(38)21-12-25(32)23(30)13-27(21)36)29(39)33-35-8-6-34(7-9-35)14-19(37)16-40-20-5-4-17(2)24(31)11-20/h3-5,11-13,15,18-19,26,37H,1,6-10,14,16H2,2H3,(H,33,39). The molecule has 2 N–H and O–H groups in total. The lowest BCUT2D eigenvalue weighted by Crippen LogP contribution is -2.55. The number of nitrogens with zero attached hydrogens (tertiary/aromatic N) is 3. The molecule has 1 aliphatic carbocycles. The number of β-amino-alcohol motifs (C(OH)–C–C–N with tert-alkyl or cyclic N) is 1. The van der Waals surface area contributed by atoms with Gasteiger partial charge in [0.2, 0.25) is 5.43 Å². The van der Waals surface area contributed by atoms with Crippen molar-refractivity contribution in [1.29, 1.82) is 0 Å². The summed E-state index contributed by atoms with van der Waals surface area (Å²) in [5, 5.41) is 12.1. The van der Waals surface area contributed by atoms with Crippen LogP contribution in [0, 0.1) is 24.5 Å². The Balaban J connectivity index is 1.19. The van der Waals surface area contributed by atoms with E-state index in [4.69, 9.17) is 16.3 Å². The zero-order valence-corrected chi connectivity index (χ0v) is 22.8. The van der Waals surface area contributed by atoms with Gasteiger partial charge in [-0.15, -0.1) is 6.58 Å². The summed E-state index contributed by atoms with van der Waals surface area (Å²) >= 11 is 6.00. The highest BCUT2D eigenvalue weighted by molar-refractivity contribution is 6.31. The van der Waals surface area contributed by atoms with Gasteiger partial charge in [-0.05, 0) is 43.0 Å². The van der Waals surface area contributed by atoms with E-state index in [0.29, 0.717) is 49.6 Å². The molecule has 0 spiro atoms. The molecule has 2 heterocycles. The molecule has 2 fully saturated rings. The minimum Gasteiger partial charge on any atom is -0.491 e. The number of aliphatic hydroxyl groups is 1. The third-order valence-corrected chi connectivity index (χ3v) is 7.76. The highest BCUT2D eigenvalue weighted by atomic mass is 35.5. The monoisotopic (exact) mass is 572 g/mol. The van der Waals surface area contributed by atoms with Crippen LogP contribution in [0.25, 0.3) is 10.9 Å². The van der Waals surface area contributed by atoms with Gasteiger partial charge in [0, 0.05) is 56.4 Å². The van der Waals surface area contributed by atoms with Crippen LogP contribution in [0.3, 0.4) is 0 Å². The summed E-state index contributed by atoms with van der Waals surface area (Å²) in [6, 6.07) is 7.09. The molecule has 1 aliphatic heterocycles. The lowest BCUT2D eigenvalue weighted by Gasteiger charge is -2.35. The van der Waals surface area contributed by atoms with Gasteiger partial charge in [-0.1, -0.05) is 23.7 Å². The largest absolute Gasteiger partial charge is 0.491 e. The predicted molar refractivity (Wildman–Crippen MR) is 149 cm³/mol. The first-order chi connectivity index (χ1) is 19.1. The Morgan fingerprint density at radius 2 is 1.98 bits per heavy atom. The van der Waals surface area contributed by atoms with Crippen molar-refractivity contribution in [2.24, 2.45) is 5.92 Å². The van der Waals surface area contributed by atoms with Crippen molar-refractivity contribution in [2.45, 2.75) is 25.5 Å². The van der Waals surface area contributed by atoms with Gasteiger partial charge >= 0.3 is 0 Å². The third kappa shape index (κ3) is 6.05. The van der Waals surface area contributed by atoms with E-state index in [1.165, 1.54) is 18.3 Å². The first-order valence-electron chi connectivity index (χ1n) is 13.2. The SMILES string of the molecule is C=CC1CC1n1cc(C(=O)NN2CCN(CC(O)COc3ccc(C)c(F)c3)CC2)c(=O)c2cc(F)c(Cl)cc21. The van der Waals surface area contributed by atoms with Crippen LogP contribution < -0.4 is 15.6 Å². The quantitative estimate of drug-likeness (QED) is 0.380. The van der Waals surface area contributed by atoms with E-state index >= 15 is 0 Å². The summed E-state index contributed by atoms with van der Waals surface area (Å²) in [5.41, 5.74) is 3.16. The molecule has 0 radical (unpaired) electrons. The van der Waals surface area contributed by atoms with E-state index in [0.717, 1.165) is 12.5 Å². The van der Waals surface area contributed by atoms with Crippen molar-refractivity contribution >= 4 is 28.4 Å². The van der Waals surface area contributed by atoms with Crippen LogP contribution >= 0.6 is 11.6 Å². The molecule has 3 unspecified atom stereocenters. The first kappa shape index (κ1) is 28.2. The van der Waals surface area contributed by atoms with Crippen LogP contribution in [0.4, 0.5) is 8.78 Å². The highest BCUT2D eigenvalue weighted by Gasteiger charge is 2.37. The maximum Gasteiger partial charge on any atom is 0.271 e. The zero-order valence-electron chi connectivity index (χ0n) is 22.1. The molecule has 3 atom stereocenters.